The minimum absolute atomic E-state index is 0.170. The Morgan fingerprint density at radius 3 is 2.65 bits per heavy atom. The van der Waals surface area contributed by atoms with Crippen molar-refractivity contribution in [1.82, 2.24) is 20.6 Å². The van der Waals surface area contributed by atoms with Gasteiger partial charge >= 0.3 is 18.0 Å². The zero-order valence-electron chi connectivity index (χ0n) is 10.6. The number of nitrogens with one attached hydrogen (secondary N) is 3. The van der Waals surface area contributed by atoms with Crippen LogP contribution in [0.15, 0.2) is 12.4 Å². The Bertz CT molecular complexity index is 459. The smallest absolute Gasteiger partial charge is 0.326 e. The standard InChI is InChI=1S/C11H16N4O5/c16-9(17)2-1-7(10(18)19)15-11(20)14-4-3-8-12-5-6-13-8/h5-7H,1-4H2,(H,12,13)(H,16,17)(H,18,19)(H2,14,15,20). The Morgan fingerprint density at radius 1 is 1.35 bits per heavy atom. The number of rotatable bonds is 8. The molecule has 1 atom stereocenters. The molecular formula is C11H16N4O5. The molecule has 1 heterocycles. The Hall–Kier alpha value is -2.58. The number of aliphatic carboxylic acids is 2. The number of carbonyl (C=O) groups excluding carboxylic acids is 1. The van der Waals surface area contributed by atoms with Crippen molar-refractivity contribution in [1.29, 1.82) is 0 Å². The van der Waals surface area contributed by atoms with E-state index in [1.165, 1.54) is 0 Å². The largest absolute Gasteiger partial charge is 0.481 e. The summed E-state index contributed by atoms with van der Waals surface area (Å²) in [4.78, 5) is 39.5. The molecule has 1 unspecified atom stereocenters. The van der Waals surface area contributed by atoms with E-state index < -0.39 is 24.0 Å². The number of nitrogens with zero attached hydrogens (tertiary/aromatic N) is 1. The highest BCUT2D eigenvalue weighted by Gasteiger charge is 2.20. The van der Waals surface area contributed by atoms with Crippen LogP contribution < -0.4 is 10.6 Å². The molecular weight excluding hydrogens is 268 g/mol. The van der Waals surface area contributed by atoms with E-state index in [4.69, 9.17) is 10.2 Å². The zero-order valence-corrected chi connectivity index (χ0v) is 10.6. The van der Waals surface area contributed by atoms with Crippen LogP contribution in [0.4, 0.5) is 4.79 Å². The number of urea groups is 1. The summed E-state index contributed by atoms with van der Waals surface area (Å²) in [5.41, 5.74) is 0. The predicted octanol–water partition coefficient (Wildman–Crippen LogP) is -0.431. The molecule has 0 radical (unpaired) electrons. The first-order valence-electron chi connectivity index (χ1n) is 5.96. The molecule has 2 amide bonds. The summed E-state index contributed by atoms with van der Waals surface area (Å²) >= 11 is 0. The fourth-order valence-electron chi connectivity index (χ4n) is 1.46. The van der Waals surface area contributed by atoms with Gasteiger partial charge in [0.05, 0.1) is 0 Å². The van der Waals surface area contributed by atoms with Crippen molar-refractivity contribution in [2.45, 2.75) is 25.3 Å². The van der Waals surface area contributed by atoms with Crippen LogP contribution in [0.3, 0.4) is 0 Å². The van der Waals surface area contributed by atoms with Crippen LogP contribution in [0.1, 0.15) is 18.7 Å². The van der Waals surface area contributed by atoms with Crippen LogP contribution in [-0.4, -0.2) is 50.7 Å². The van der Waals surface area contributed by atoms with Crippen LogP contribution in [0, 0.1) is 0 Å². The van der Waals surface area contributed by atoms with Crippen LogP contribution in [0.25, 0.3) is 0 Å². The third-order valence-corrected chi connectivity index (χ3v) is 2.45. The van der Waals surface area contributed by atoms with E-state index in [-0.39, 0.29) is 19.4 Å². The van der Waals surface area contributed by atoms with E-state index in [0.717, 1.165) is 0 Å². The molecule has 0 aromatic carbocycles. The highest BCUT2D eigenvalue weighted by atomic mass is 16.4. The summed E-state index contributed by atoms with van der Waals surface area (Å²) in [7, 11) is 0. The van der Waals surface area contributed by atoms with E-state index in [0.29, 0.717) is 12.2 Å². The molecule has 1 aromatic heterocycles. The molecule has 0 aliphatic rings. The molecule has 0 saturated carbocycles. The van der Waals surface area contributed by atoms with E-state index >= 15 is 0 Å². The number of H-pyrrole nitrogens is 1. The number of carboxylic acid groups (broad SMARTS) is 2. The van der Waals surface area contributed by atoms with Gasteiger partial charge in [-0.05, 0) is 6.42 Å². The highest BCUT2D eigenvalue weighted by molar-refractivity contribution is 5.82. The number of aromatic amines is 1. The molecule has 0 aliphatic heterocycles. The predicted molar refractivity (Wildman–Crippen MR) is 67.1 cm³/mol. The van der Waals surface area contributed by atoms with Crippen LogP contribution in [0.2, 0.25) is 0 Å². The van der Waals surface area contributed by atoms with Crippen molar-refractivity contribution < 1.29 is 24.6 Å². The second kappa shape index (κ2) is 7.77. The van der Waals surface area contributed by atoms with Gasteiger partial charge in [-0.1, -0.05) is 0 Å². The Morgan fingerprint density at radius 2 is 2.10 bits per heavy atom. The third kappa shape index (κ3) is 5.85. The Kier molecular flexibility index (Phi) is 6.01. The zero-order chi connectivity index (χ0) is 15.0. The fourth-order valence-corrected chi connectivity index (χ4v) is 1.46. The van der Waals surface area contributed by atoms with Crippen LogP contribution >= 0.6 is 0 Å². The Labute approximate surface area is 114 Å². The quantitative estimate of drug-likeness (QED) is 0.438. The van der Waals surface area contributed by atoms with E-state index in [2.05, 4.69) is 20.6 Å². The first-order valence-corrected chi connectivity index (χ1v) is 5.96. The summed E-state index contributed by atoms with van der Waals surface area (Å²) in [6.07, 6.45) is 3.22. The van der Waals surface area contributed by atoms with Crippen molar-refractivity contribution in [3.63, 3.8) is 0 Å². The molecule has 9 heteroatoms. The molecule has 110 valence electrons. The lowest BCUT2D eigenvalue weighted by molar-refractivity contribution is -0.140. The van der Waals surface area contributed by atoms with Crippen molar-refractivity contribution in [2.75, 3.05) is 6.54 Å². The number of hydrogen-bond donors (Lipinski definition) is 5. The Balaban J connectivity index is 2.30. The molecule has 0 saturated heterocycles. The van der Waals surface area contributed by atoms with Gasteiger partial charge in [0, 0.05) is 31.8 Å². The first-order chi connectivity index (χ1) is 9.49. The maximum absolute atomic E-state index is 11.5. The summed E-state index contributed by atoms with van der Waals surface area (Å²) in [6, 6.07) is -1.89. The van der Waals surface area contributed by atoms with Gasteiger partial charge in [0.1, 0.15) is 11.9 Å². The monoisotopic (exact) mass is 284 g/mol. The SMILES string of the molecule is O=C(O)CCC(NC(=O)NCCc1ncc[nH]1)C(=O)O. The topological polar surface area (TPSA) is 144 Å². The number of hydrogen-bond acceptors (Lipinski definition) is 4. The summed E-state index contributed by atoms with van der Waals surface area (Å²) in [5, 5.41) is 22.0. The van der Waals surface area contributed by atoms with Crippen molar-refractivity contribution in [2.24, 2.45) is 0 Å². The number of imidazole rings is 1. The average molecular weight is 284 g/mol. The lowest BCUT2D eigenvalue weighted by Gasteiger charge is -2.14. The van der Waals surface area contributed by atoms with Gasteiger partial charge in [0.15, 0.2) is 0 Å². The molecule has 9 nitrogen and oxygen atoms in total. The molecule has 0 bridgehead atoms. The molecule has 0 aliphatic carbocycles. The van der Waals surface area contributed by atoms with E-state index in [1.807, 2.05) is 0 Å². The minimum atomic E-state index is -1.27. The van der Waals surface area contributed by atoms with Crippen molar-refractivity contribution in [3.05, 3.63) is 18.2 Å². The maximum atomic E-state index is 11.5. The van der Waals surface area contributed by atoms with Gasteiger partial charge in [-0.25, -0.2) is 14.6 Å². The number of carbonyl (C=O) groups is 3. The number of aromatic nitrogens is 2. The summed E-state index contributed by atoms with van der Waals surface area (Å²) in [5.74, 6) is -1.69. The lowest BCUT2D eigenvalue weighted by Crippen LogP contribution is -2.46. The molecule has 0 spiro atoms. The molecule has 20 heavy (non-hydrogen) atoms. The van der Waals surface area contributed by atoms with Gasteiger partial charge in [-0.2, -0.15) is 0 Å². The van der Waals surface area contributed by atoms with Crippen LogP contribution in [-0.2, 0) is 16.0 Å². The third-order valence-electron chi connectivity index (χ3n) is 2.45. The fraction of sp³-hybridized carbons (Fsp3) is 0.455. The van der Waals surface area contributed by atoms with E-state index in [1.54, 1.807) is 12.4 Å². The molecule has 1 rings (SSSR count). The number of carboxylic acids is 2. The summed E-state index contributed by atoms with van der Waals surface area (Å²) < 4.78 is 0. The van der Waals surface area contributed by atoms with E-state index in [9.17, 15) is 14.4 Å². The minimum Gasteiger partial charge on any atom is -0.481 e. The van der Waals surface area contributed by atoms with Crippen LogP contribution in [0.5, 0.6) is 0 Å². The van der Waals surface area contributed by atoms with Gasteiger partial charge in [0.2, 0.25) is 0 Å². The second-order valence-corrected chi connectivity index (χ2v) is 4.01. The average Bonchev–Trinajstić information content (AvgIpc) is 2.87. The van der Waals surface area contributed by atoms with Gasteiger partial charge in [-0.15, -0.1) is 0 Å². The molecule has 1 aromatic rings. The van der Waals surface area contributed by atoms with Crippen molar-refractivity contribution >= 4 is 18.0 Å². The molecule has 5 N–H and O–H groups in total. The first kappa shape index (κ1) is 15.5. The lowest BCUT2D eigenvalue weighted by atomic mass is 10.1. The van der Waals surface area contributed by atoms with Crippen molar-refractivity contribution in [3.8, 4) is 0 Å². The normalized spacial score (nSPS) is 11.6. The second-order valence-electron chi connectivity index (χ2n) is 4.01. The van der Waals surface area contributed by atoms with Gasteiger partial charge < -0.3 is 25.8 Å². The van der Waals surface area contributed by atoms with Gasteiger partial charge in [-0.3, -0.25) is 4.79 Å². The van der Waals surface area contributed by atoms with Gasteiger partial charge in [0.25, 0.3) is 0 Å². The summed E-state index contributed by atoms with van der Waals surface area (Å²) in [6.45, 7) is 0.282. The molecule has 0 fully saturated rings. The highest BCUT2D eigenvalue weighted by Crippen LogP contribution is 1.98. The maximum Gasteiger partial charge on any atom is 0.326 e. The number of amides is 2.